The van der Waals surface area contributed by atoms with E-state index < -0.39 is 6.10 Å². The molecule has 0 saturated carbocycles. The molecule has 21 heavy (non-hydrogen) atoms. The Balaban J connectivity index is 1.64. The van der Waals surface area contributed by atoms with E-state index >= 15 is 0 Å². The van der Waals surface area contributed by atoms with Crippen molar-refractivity contribution in [2.75, 3.05) is 5.75 Å². The summed E-state index contributed by atoms with van der Waals surface area (Å²) in [5.74, 6) is 2.34. The summed E-state index contributed by atoms with van der Waals surface area (Å²) in [4.78, 5) is 2.61. The highest BCUT2D eigenvalue weighted by atomic mass is 32.2. The van der Waals surface area contributed by atoms with Crippen LogP contribution < -0.4 is 0 Å². The van der Waals surface area contributed by atoms with Gasteiger partial charge in [0.2, 0.25) is 0 Å². The lowest BCUT2D eigenvalue weighted by Gasteiger charge is -2.18. The van der Waals surface area contributed by atoms with Crippen molar-refractivity contribution in [3.8, 4) is 0 Å². The van der Waals surface area contributed by atoms with E-state index in [9.17, 15) is 5.11 Å². The number of benzene rings is 1. The first kappa shape index (κ1) is 13.9. The Morgan fingerprint density at radius 3 is 2.67 bits per heavy atom. The predicted octanol–water partition coefficient (Wildman–Crippen LogP) is 4.50. The number of hydrogen-bond donors (Lipinski definition) is 1. The first-order valence-corrected chi connectivity index (χ1v) is 9.77. The van der Waals surface area contributed by atoms with Crippen LogP contribution in [0.2, 0.25) is 0 Å². The van der Waals surface area contributed by atoms with Gasteiger partial charge in [-0.1, -0.05) is 18.2 Å². The average molecular weight is 316 g/mol. The number of rotatable bonds is 2. The summed E-state index contributed by atoms with van der Waals surface area (Å²) in [5, 5.41) is 10.7. The molecule has 1 atom stereocenters. The van der Waals surface area contributed by atoms with Crippen LogP contribution in [0.4, 0.5) is 0 Å². The van der Waals surface area contributed by atoms with Gasteiger partial charge in [0.15, 0.2) is 0 Å². The number of fused-ring (bicyclic) bond motifs is 2. The van der Waals surface area contributed by atoms with E-state index in [1.54, 1.807) is 0 Å². The van der Waals surface area contributed by atoms with Gasteiger partial charge in [-0.25, -0.2) is 0 Å². The summed E-state index contributed by atoms with van der Waals surface area (Å²) in [6.07, 6.45) is 5.70. The molecular weight excluding hydrogens is 296 g/mol. The van der Waals surface area contributed by atoms with E-state index in [1.807, 2.05) is 23.1 Å². The standard InChI is InChI=1S/C18H20OS2/c19-18(17-10-15-11-20-8-7-16(15)21-17)14-6-5-12-3-1-2-4-13(12)9-14/h5-6,9-10,18-19H,1-4,7-8,11H2. The van der Waals surface area contributed by atoms with Crippen LogP contribution >= 0.6 is 23.1 Å². The number of aryl methyl sites for hydroxylation is 3. The Bertz CT molecular complexity index is 636. The Morgan fingerprint density at radius 1 is 0.952 bits per heavy atom. The van der Waals surface area contributed by atoms with Gasteiger partial charge in [-0.05, 0) is 66.2 Å². The number of aliphatic hydroxyl groups is 1. The third-order valence-corrected chi connectivity index (χ3v) is 6.90. The molecule has 0 saturated heterocycles. The average Bonchev–Trinajstić information content (AvgIpc) is 2.97. The van der Waals surface area contributed by atoms with Crippen molar-refractivity contribution in [3.63, 3.8) is 0 Å². The second-order valence-electron chi connectivity index (χ2n) is 6.04. The van der Waals surface area contributed by atoms with E-state index in [0.717, 1.165) is 16.2 Å². The molecule has 1 N–H and O–H groups in total. The van der Waals surface area contributed by atoms with Gasteiger partial charge < -0.3 is 5.11 Å². The van der Waals surface area contributed by atoms with Crippen LogP contribution in [-0.4, -0.2) is 10.9 Å². The van der Waals surface area contributed by atoms with Crippen molar-refractivity contribution in [1.29, 1.82) is 0 Å². The number of hydrogen-bond acceptors (Lipinski definition) is 3. The molecule has 1 unspecified atom stereocenters. The first-order valence-electron chi connectivity index (χ1n) is 7.80. The summed E-state index contributed by atoms with van der Waals surface area (Å²) in [5.41, 5.74) is 5.46. The molecule has 0 fully saturated rings. The van der Waals surface area contributed by atoms with Crippen molar-refractivity contribution < 1.29 is 5.11 Å². The summed E-state index contributed by atoms with van der Waals surface area (Å²) >= 11 is 3.81. The Morgan fingerprint density at radius 2 is 1.81 bits per heavy atom. The molecule has 0 radical (unpaired) electrons. The van der Waals surface area contributed by atoms with Gasteiger partial charge >= 0.3 is 0 Å². The van der Waals surface area contributed by atoms with E-state index in [1.165, 1.54) is 59.4 Å². The smallest absolute Gasteiger partial charge is 0.113 e. The molecule has 1 nitrogen and oxygen atoms in total. The molecule has 0 amide bonds. The Hall–Kier alpha value is -0.770. The third-order valence-electron chi connectivity index (χ3n) is 4.60. The zero-order valence-electron chi connectivity index (χ0n) is 12.1. The molecule has 1 aliphatic heterocycles. The van der Waals surface area contributed by atoms with Crippen LogP contribution in [0.5, 0.6) is 0 Å². The largest absolute Gasteiger partial charge is 0.383 e. The van der Waals surface area contributed by atoms with Crippen molar-refractivity contribution >= 4 is 23.1 Å². The summed E-state index contributed by atoms with van der Waals surface area (Å²) < 4.78 is 0. The maximum absolute atomic E-state index is 10.7. The Kier molecular flexibility index (Phi) is 3.82. The quantitative estimate of drug-likeness (QED) is 0.880. The highest BCUT2D eigenvalue weighted by Crippen LogP contribution is 2.37. The molecule has 110 valence electrons. The van der Waals surface area contributed by atoms with Gasteiger partial charge in [0.1, 0.15) is 6.10 Å². The van der Waals surface area contributed by atoms with Gasteiger partial charge in [0, 0.05) is 15.5 Å². The maximum atomic E-state index is 10.7. The molecule has 0 spiro atoms. The summed E-state index contributed by atoms with van der Waals surface area (Å²) in [7, 11) is 0. The van der Waals surface area contributed by atoms with Crippen molar-refractivity contribution in [1.82, 2.24) is 0 Å². The van der Waals surface area contributed by atoms with E-state index in [0.29, 0.717) is 0 Å². The fraction of sp³-hybridized carbons (Fsp3) is 0.444. The number of thiophene rings is 1. The zero-order chi connectivity index (χ0) is 14.2. The predicted molar refractivity (Wildman–Crippen MR) is 91.3 cm³/mol. The molecule has 0 bridgehead atoms. The fourth-order valence-corrected chi connectivity index (χ4v) is 5.78. The fourth-order valence-electron chi connectivity index (χ4n) is 3.39. The minimum atomic E-state index is -0.446. The minimum Gasteiger partial charge on any atom is -0.383 e. The van der Waals surface area contributed by atoms with Gasteiger partial charge in [0.25, 0.3) is 0 Å². The highest BCUT2D eigenvalue weighted by molar-refractivity contribution is 7.98. The SMILES string of the molecule is OC(c1ccc2c(c1)CCCC2)c1cc2c(s1)CCSC2. The van der Waals surface area contributed by atoms with E-state index in [2.05, 4.69) is 24.3 Å². The summed E-state index contributed by atoms with van der Waals surface area (Å²) in [6, 6.07) is 8.83. The molecule has 4 rings (SSSR count). The van der Waals surface area contributed by atoms with Gasteiger partial charge in [-0.15, -0.1) is 11.3 Å². The van der Waals surface area contributed by atoms with Gasteiger partial charge in [-0.2, -0.15) is 11.8 Å². The molecule has 3 heteroatoms. The molecule has 2 aliphatic rings. The Labute approximate surface area is 134 Å². The van der Waals surface area contributed by atoms with Crippen LogP contribution in [0, 0.1) is 0 Å². The van der Waals surface area contributed by atoms with Gasteiger partial charge in [-0.3, -0.25) is 0 Å². The number of thioether (sulfide) groups is 1. The van der Waals surface area contributed by atoms with Crippen LogP contribution in [0.15, 0.2) is 24.3 Å². The minimum absolute atomic E-state index is 0.446. The van der Waals surface area contributed by atoms with Crippen LogP contribution in [-0.2, 0) is 25.0 Å². The normalized spacial score (nSPS) is 18.9. The van der Waals surface area contributed by atoms with Crippen LogP contribution in [0.25, 0.3) is 0 Å². The zero-order valence-corrected chi connectivity index (χ0v) is 13.7. The monoisotopic (exact) mass is 316 g/mol. The number of aliphatic hydroxyl groups excluding tert-OH is 1. The lowest BCUT2D eigenvalue weighted by Crippen LogP contribution is -2.05. The van der Waals surface area contributed by atoms with Gasteiger partial charge in [0.05, 0.1) is 0 Å². The van der Waals surface area contributed by atoms with E-state index in [-0.39, 0.29) is 0 Å². The molecule has 1 aromatic heterocycles. The van der Waals surface area contributed by atoms with Crippen LogP contribution in [0.1, 0.15) is 51.0 Å². The molecular formula is C18H20OS2. The molecule has 2 heterocycles. The lowest BCUT2D eigenvalue weighted by molar-refractivity contribution is 0.224. The second-order valence-corrected chi connectivity index (χ2v) is 8.31. The highest BCUT2D eigenvalue weighted by Gasteiger charge is 2.20. The molecule has 1 aliphatic carbocycles. The van der Waals surface area contributed by atoms with Crippen molar-refractivity contribution in [2.24, 2.45) is 0 Å². The molecule has 1 aromatic carbocycles. The third kappa shape index (κ3) is 2.67. The second kappa shape index (κ2) is 5.79. The van der Waals surface area contributed by atoms with Crippen molar-refractivity contribution in [3.05, 3.63) is 56.3 Å². The topological polar surface area (TPSA) is 20.2 Å². The molecule has 2 aromatic rings. The lowest BCUT2D eigenvalue weighted by atomic mass is 9.89. The van der Waals surface area contributed by atoms with Crippen LogP contribution in [0.3, 0.4) is 0 Å². The van der Waals surface area contributed by atoms with Crippen molar-refractivity contribution in [2.45, 2.75) is 44.0 Å². The van der Waals surface area contributed by atoms with E-state index in [4.69, 9.17) is 0 Å². The first-order chi connectivity index (χ1) is 10.3. The maximum Gasteiger partial charge on any atom is 0.113 e. The summed E-state index contributed by atoms with van der Waals surface area (Å²) in [6.45, 7) is 0.